The number of pyridine rings is 1. The van der Waals surface area contributed by atoms with Gasteiger partial charge in [0.15, 0.2) is 0 Å². The van der Waals surface area contributed by atoms with Crippen LogP contribution in [0, 0.1) is 12.8 Å². The van der Waals surface area contributed by atoms with Gasteiger partial charge in [-0.2, -0.15) is 0 Å². The Balaban J connectivity index is 2.09. The quantitative estimate of drug-likeness (QED) is 0.890. The molecule has 1 aliphatic heterocycles. The predicted molar refractivity (Wildman–Crippen MR) is 77.0 cm³/mol. The first-order valence-corrected chi connectivity index (χ1v) is 7.11. The minimum Gasteiger partial charge on any atom is -0.369 e. The molecule has 1 fully saturated rings. The van der Waals surface area contributed by atoms with Gasteiger partial charge in [-0.3, -0.25) is 4.98 Å². The van der Waals surface area contributed by atoms with Crippen LogP contribution in [-0.2, 0) is 0 Å². The van der Waals surface area contributed by atoms with Gasteiger partial charge in [0, 0.05) is 24.8 Å². The van der Waals surface area contributed by atoms with Crippen molar-refractivity contribution in [3.8, 4) is 0 Å². The van der Waals surface area contributed by atoms with Crippen LogP contribution in [0.5, 0.6) is 0 Å². The van der Waals surface area contributed by atoms with Gasteiger partial charge in [0.25, 0.3) is 0 Å². The molecule has 0 saturated carbocycles. The third-order valence-corrected chi connectivity index (χ3v) is 4.02. The summed E-state index contributed by atoms with van der Waals surface area (Å²) >= 11 is 0. The molecule has 100 valence electrons. The summed E-state index contributed by atoms with van der Waals surface area (Å²) in [6, 6.07) is 4.89. The van der Waals surface area contributed by atoms with E-state index < -0.39 is 0 Å². The lowest BCUT2D eigenvalue weighted by Crippen LogP contribution is -2.42. The van der Waals surface area contributed by atoms with E-state index in [1.54, 1.807) is 0 Å². The summed E-state index contributed by atoms with van der Waals surface area (Å²) in [5.74, 6) is 0.726. The molecule has 0 spiro atoms. The lowest BCUT2D eigenvalue weighted by molar-refractivity contribution is 0.384. The number of hydrogen-bond donors (Lipinski definition) is 1. The summed E-state index contributed by atoms with van der Waals surface area (Å²) in [6.07, 6.45) is 4.45. The minimum absolute atomic E-state index is 0.596. The highest BCUT2D eigenvalue weighted by Gasteiger charge is 2.21. The monoisotopic (exact) mass is 247 g/mol. The molecule has 1 N–H and O–H groups in total. The highest BCUT2D eigenvalue weighted by atomic mass is 15.2. The number of aromatic nitrogens is 1. The molecule has 1 aliphatic rings. The molecule has 0 aromatic carbocycles. The average molecular weight is 247 g/mol. The van der Waals surface area contributed by atoms with Crippen molar-refractivity contribution in [3.63, 3.8) is 0 Å². The van der Waals surface area contributed by atoms with Gasteiger partial charge in [0.2, 0.25) is 0 Å². The third kappa shape index (κ3) is 3.22. The molecule has 2 atom stereocenters. The SMILES string of the molecule is CCC(C)C1CN(c2ccc(C)nc2)CCCN1. The Labute approximate surface area is 111 Å². The minimum atomic E-state index is 0.596. The van der Waals surface area contributed by atoms with E-state index in [0.29, 0.717) is 6.04 Å². The van der Waals surface area contributed by atoms with Crippen molar-refractivity contribution in [1.29, 1.82) is 0 Å². The number of hydrogen-bond acceptors (Lipinski definition) is 3. The molecule has 18 heavy (non-hydrogen) atoms. The second-order valence-corrected chi connectivity index (χ2v) is 5.40. The molecule has 1 saturated heterocycles. The lowest BCUT2D eigenvalue weighted by Gasteiger charge is -2.29. The smallest absolute Gasteiger partial charge is 0.0553 e. The summed E-state index contributed by atoms with van der Waals surface area (Å²) in [4.78, 5) is 6.89. The molecule has 1 aromatic heterocycles. The van der Waals surface area contributed by atoms with Crippen molar-refractivity contribution in [1.82, 2.24) is 10.3 Å². The Morgan fingerprint density at radius 1 is 1.50 bits per heavy atom. The van der Waals surface area contributed by atoms with E-state index in [1.165, 1.54) is 18.5 Å². The Hall–Kier alpha value is -1.09. The van der Waals surface area contributed by atoms with E-state index in [0.717, 1.165) is 31.2 Å². The summed E-state index contributed by atoms with van der Waals surface area (Å²) in [5.41, 5.74) is 2.35. The average Bonchev–Trinajstić information content (AvgIpc) is 2.64. The zero-order valence-electron chi connectivity index (χ0n) is 11.8. The van der Waals surface area contributed by atoms with Gasteiger partial charge in [0.05, 0.1) is 11.9 Å². The van der Waals surface area contributed by atoms with Crippen LogP contribution in [0.3, 0.4) is 0 Å². The van der Waals surface area contributed by atoms with Crippen molar-refractivity contribution >= 4 is 5.69 Å². The molecule has 2 rings (SSSR count). The van der Waals surface area contributed by atoms with Crippen LogP contribution in [0.25, 0.3) is 0 Å². The normalized spacial score (nSPS) is 22.6. The van der Waals surface area contributed by atoms with Crippen molar-refractivity contribution in [3.05, 3.63) is 24.0 Å². The molecular weight excluding hydrogens is 222 g/mol. The van der Waals surface area contributed by atoms with Crippen molar-refractivity contribution in [2.24, 2.45) is 5.92 Å². The van der Waals surface area contributed by atoms with Crippen molar-refractivity contribution in [2.75, 3.05) is 24.5 Å². The molecule has 0 amide bonds. The Morgan fingerprint density at radius 3 is 3.00 bits per heavy atom. The van der Waals surface area contributed by atoms with Crippen LogP contribution < -0.4 is 10.2 Å². The van der Waals surface area contributed by atoms with Crippen molar-refractivity contribution in [2.45, 2.75) is 39.7 Å². The number of nitrogens with one attached hydrogen (secondary N) is 1. The molecule has 1 aromatic rings. The second-order valence-electron chi connectivity index (χ2n) is 5.40. The van der Waals surface area contributed by atoms with Crippen LogP contribution in [-0.4, -0.2) is 30.7 Å². The first-order valence-electron chi connectivity index (χ1n) is 7.11. The number of nitrogens with zero attached hydrogens (tertiary/aromatic N) is 2. The maximum atomic E-state index is 4.41. The maximum absolute atomic E-state index is 4.41. The Morgan fingerprint density at radius 2 is 2.33 bits per heavy atom. The Bertz CT molecular complexity index is 361. The second kappa shape index (κ2) is 6.19. The van der Waals surface area contributed by atoms with E-state index in [2.05, 4.69) is 41.2 Å². The first-order chi connectivity index (χ1) is 8.70. The van der Waals surface area contributed by atoms with Gasteiger partial charge in [-0.25, -0.2) is 0 Å². The molecule has 0 radical (unpaired) electrons. The van der Waals surface area contributed by atoms with Gasteiger partial charge in [-0.05, 0) is 37.9 Å². The van der Waals surface area contributed by atoms with Gasteiger partial charge < -0.3 is 10.2 Å². The molecule has 0 aliphatic carbocycles. The third-order valence-electron chi connectivity index (χ3n) is 4.02. The van der Waals surface area contributed by atoms with E-state index >= 15 is 0 Å². The van der Waals surface area contributed by atoms with E-state index in [1.807, 2.05) is 13.1 Å². The van der Waals surface area contributed by atoms with Gasteiger partial charge in [-0.15, -0.1) is 0 Å². The summed E-state index contributed by atoms with van der Waals surface area (Å²) in [5, 5.41) is 3.68. The highest BCUT2D eigenvalue weighted by molar-refractivity contribution is 5.44. The summed E-state index contributed by atoms with van der Waals surface area (Å²) < 4.78 is 0. The van der Waals surface area contributed by atoms with Crippen LogP contribution in [0.1, 0.15) is 32.4 Å². The fourth-order valence-corrected chi connectivity index (χ4v) is 2.50. The standard InChI is InChI=1S/C15H25N3/c1-4-12(2)15-11-18(9-5-8-16-15)14-7-6-13(3)17-10-14/h6-7,10,12,15-16H,4-5,8-9,11H2,1-3H3. The molecule has 3 heteroatoms. The molecule has 2 heterocycles. The largest absolute Gasteiger partial charge is 0.369 e. The fourth-order valence-electron chi connectivity index (χ4n) is 2.50. The fraction of sp³-hybridized carbons (Fsp3) is 0.667. The van der Waals surface area contributed by atoms with Crippen LogP contribution in [0.2, 0.25) is 0 Å². The number of anilines is 1. The molecular formula is C15H25N3. The zero-order chi connectivity index (χ0) is 13.0. The number of rotatable bonds is 3. The van der Waals surface area contributed by atoms with Gasteiger partial charge in [0.1, 0.15) is 0 Å². The topological polar surface area (TPSA) is 28.2 Å². The predicted octanol–water partition coefficient (Wildman–Crippen LogP) is 2.60. The molecule has 0 bridgehead atoms. The maximum Gasteiger partial charge on any atom is 0.0553 e. The molecule has 2 unspecified atom stereocenters. The van der Waals surface area contributed by atoms with Crippen LogP contribution in [0.4, 0.5) is 5.69 Å². The van der Waals surface area contributed by atoms with Gasteiger partial charge in [-0.1, -0.05) is 20.3 Å². The first kappa shape index (κ1) is 13.3. The summed E-state index contributed by atoms with van der Waals surface area (Å²) in [7, 11) is 0. The van der Waals surface area contributed by atoms with E-state index in [-0.39, 0.29) is 0 Å². The summed E-state index contributed by atoms with van der Waals surface area (Å²) in [6.45, 7) is 10.0. The van der Waals surface area contributed by atoms with E-state index in [4.69, 9.17) is 0 Å². The van der Waals surface area contributed by atoms with Crippen molar-refractivity contribution < 1.29 is 0 Å². The number of aryl methyl sites for hydroxylation is 1. The molecule has 3 nitrogen and oxygen atoms in total. The zero-order valence-corrected chi connectivity index (χ0v) is 11.8. The lowest BCUT2D eigenvalue weighted by atomic mass is 9.99. The van der Waals surface area contributed by atoms with E-state index in [9.17, 15) is 0 Å². The van der Waals surface area contributed by atoms with Crippen LogP contribution in [0.15, 0.2) is 18.3 Å². The van der Waals surface area contributed by atoms with Gasteiger partial charge >= 0.3 is 0 Å². The van der Waals surface area contributed by atoms with Crippen LogP contribution >= 0.6 is 0 Å². The highest BCUT2D eigenvalue weighted by Crippen LogP contribution is 2.18. The Kier molecular flexibility index (Phi) is 4.59.